The van der Waals surface area contributed by atoms with Gasteiger partial charge in [-0.1, -0.05) is 13.8 Å². The maximum absolute atomic E-state index is 11.1. The summed E-state index contributed by atoms with van der Waals surface area (Å²) in [6.07, 6.45) is 2.12. The lowest BCUT2D eigenvalue weighted by Gasteiger charge is -2.32. The van der Waals surface area contributed by atoms with Crippen LogP contribution in [0.15, 0.2) is 0 Å². The summed E-state index contributed by atoms with van der Waals surface area (Å²) in [6.45, 7) is 8.10. The Labute approximate surface area is 109 Å². The number of carboxylic acids is 1. The van der Waals surface area contributed by atoms with Crippen molar-refractivity contribution in [1.29, 1.82) is 0 Å². The largest absolute Gasteiger partial charge is 0.480 e. The Morgan fingerprint density at radius 2 is 1.94 bits per heavy atom. The SMILES string of the molecule is CC(C)NC(COC1CC(C)OC(C)C1)C(=O)O. The van der Waals surface area contributed by atoms with Crippen LogP contribution in [0.3, 0.4) is 0 Å². The molecule has 0 spiro atoms. The fraction of sp³-hybridized carbons (Fsp3) is 0.923. The first-order valence-corrected chi connectivity index (χ1v) is 6.64. The number of hydrogen-bond donors (Lipinski definition) is 2. The Kier molecular flexibility index (Phi) is 6.05. The van der Waals surface area contributed by atoms with Gasteiger partial charge in [0, 0.05) is 6.04 Å². The third kappa shape index (κ3) is 5.33. The van der Waals surface area contributed by atoms with Crippen LogP contribution in [-0.2, 0) is 14.3 Å². The first-order valence-electron chi connectivity index (χ1n) is 6.64. The van der Waals surface area contributed by atoms with Crippen LogP contribution < -0.4 is 5.32 Å². The Morgan fingerprint density at radius 1 is 1.39 bits per heavy atom. The van der Waals surface area contributed by atoms with Gasteiger partial charge in [-0.15, -0.1) is 0 Å². The van der Waals surface area contributed by atoms with Gasteiger partial charge in [-0.05, 0) is 26.7 Å². The van der Waals surface area contributed by atoms with Crippen molar-refractivity contribution >= 4 is 5.97 Å². The maximum atomic E-state index is 11.1. The van der Waals surface area contributed by atoms with Gasteiger partial charge in [-0.25, -0.2) is 0 Å². The van der Waals surface area contributed by atoms with E-state index in [1.165, 1.54) is 0 Å². The smallest absolute Gasteiger partial charge is 0.323 e. The topological polar surface area (TPSA) is 67.8 Å². The minimum absolute atomic E-state index is 0.0968. The van der Waals surface area contributed by atoms with E-state index >= 15 is 0 Å². The van der Waals surface area contributed by atoms with Gasteiger partial charge in [-0.2, -0.15) is 0 Å². The molecular formula is C13H25NO4. The molecule has 3 unspecified atom stereocenters. The second-order valence-corrected chi connectivity index (χ2v) is 5.40. The lowest BCUT2D eigenvalue weighted by molar-refractivity contribution is -0.144. The van der Waals surface area contributed by atoms with Crippen molar-refractivity contribution in [3.63, 3.8) is 0 Å². The normalized spacial score (nSPS) is 30.4. The first-order chi connectivity index (χ1) is 8.38. The third-order valence-corrected chi connectivity index (χ3v) is 2.99. The summed E-state index contributed by atoms with van der Waals surface area (Å²) in [5.74, 6) is -0.864. The van der Waals surface area contributed by atoms with Crippen molar-refractivity contribution in [2.24, 2.45) is 0 Å². The second-order valence-electron chi connectivity index (χ2n) is 5.40. The number of nitrogens with one attached hydrogen (secondary N) is 1. The van der Waals surface area contributed by atoms with Crippen molar-refractivity contribution < 1.29 is 19.4 Å². The Morgan fingerprint density at radius 3 is 2.39 bits per heavy atom. The molecule has 1 heterocycles. The Balaban J connectivity index is 2.39. The molecule has 18 heavy (non-hydrogen) atoms. The summed E-state index contributed by atoms with van der Waals surface area (Å²) in [5.41, 5.74) is 0. The summed E-state index contributed by atoms with van der Waals surface area (Å²) < 4.78 is 11.3. The van der Waals surface area contributed by atoms with E-state index in [4.69, 9.17) is 14.6 Å². The molecule has 0 aromatic heterocycles. The van der Waals surface area contributed by atoms with Gasteiger partial charge in [-0.3, -0.25) is 4.79 Å². The molecule has 0 bridgehead atoms. The number of rotatable bonds is 6. The molecule has 1 rings (SSSR count). The van der Waals surface area contributed by atoms with Crippen LogP contribution >= 0.6 is 0 Å². The van der Waals surface area contributed by atoms with Gasteiger partial charge < -0.3 is 19.9 Å². The van der Waals surface area contributed by atoms with Crippen molar-refractivity contribution in [1.82, 2.24) is 5.32 Å². The molecule has 0 radical (unpaired) electrons. The second kappa shape index (κ2) is 7.07. The fourth-order valence-electron chi connectivity index (χ4n) is 2.31. The number of aliphatic carboxylic acids is 1. The summed E-state index contributed by atoms with van der Waals surface area (Å²) >= 11 is 0. The minimum Gasteiger partial charge on any atom is -0.480 e. The van der Waals surface area contributed by atoms with Gasteiger partial charge in [0.15, 0.2) is 0 Å². The molecule has 1 aliphatic heterocycles. The summed E-state index contributed by atoms with van der Waals surface area (Å²) in [7, 11) is 0. The van der Waals surface area contributed by atoms with E-state index in [-0.39, 0.29) is 31.0 Å². The predicted molar refractivity (Wildman–Crippen MR) is 68.7 cm³/mol. The average molecular weight is 259 g/mol. The number of carbonyl (C=O) groups is 1. The Hall–Kier alpha value is -0.650. The van der Waals surface area contributed by atoms with Crippen LogP contribution in [0.4, 0.5) is 0 Å². The van der Waals surface area contributed by atoms with Crippen LogP contribution in [0.2, 0.25) is 0 Å². The average Bonchev–Trinajstić information content (AvgIpc) is 2.21. The van der Waals surface area contributed by atoms with Crippen molar-refractivity contribution in [2.45, 2.75) is 70.9 Å². The van der Waals surface area contributed by atoms with Gasteiger partial charge in [0.05, 0.1) is 24.9 Å². The van der Waals surface area contributed by atoms with Gasteiger partial charge in [0.2, 0.25) is 0 Å². The molecule has 5 nitrogen and oxygen atoms in total. The molecule has 0 aliphatic carbocycles. The zero-order valence-corrected chi connectivity index (χ0v) is 11.7. The van der Waals surface area contributed by atoms with E-state index in [0.717, 1.165) is 12.8 Å². The molecule has 0 aromatic rings. The zero-order valence-electron chi connectivity index (χ0n) is 11.7. The van der Waals surface area contributed by atoms with E-state index < -0.39 is 12.0 Å². The molecule has 106 valence electrons. The quantitative estimate of drug-likeness (QED) is 0.755. The van der Waals surface area contributed by atoms with E-state index in [1.54, 1.807) is 0 Å². The zero-order chi connectivity index (χ0) is 13.7. The standard InChI is InChI=1S/C13H25NO4/c1-8(2)14-12(13(15)16)7-17-11-5-9(3)18-10(4)6-11/h8-12,14H,5-7H2,1-4H3,(H,15,16). The highest BCUT2D eigenvalue weighted by Gasteiger charge is 2.27. The third-order valence-electron chi connectivity index (χ3n) is 2.99. The predicted octanol–water partition coefficient (Wildman–Crippen LogP) is 1.41. The molecule has 2 N–H and O–H groups in total. The van der Waals surface area contributed by atoms with Crippen LogP contribution in [0.5, 0.6) is 0 Å². The highest BCUT2D eigenvalue weighted by molar-refractivity contribution is 5.73. The van der Waals surface area contributed by atoms with Crippen LogP contribution in [0, 0.1) is 0 Å². The summed E-state index contributed by atoms with van der Waals surface area (Å²) in [6, 6.07) is -0.513. The van der Waals surface area contributed by atoms with E-state index in [2.05, 4.69) is 5.32 Å². The highest BCUT2D eigenvalue weighted by atomic mass is 16.5. The van der Waals surface area contributed by atoms with Crippen molar-refractivity contribution in [2.75, 3.05) is 6.61 Å². The van der Waals surface area contributed by atoms with E-state index in [1.807, 2.05) is 27.7 Å². The molecule has 1 aliphatic rings. The monoisotopic (exact) mass is 259 g/mol. The van der Waals surface area contributed by atoms with Crippen LogP contribution in [0.1, 0.15) is 40.5 Å². The van der Waals surface area contributed by atoms with Crippen LogP contribution in [0.25, 0.3) is 0 Å². The van der Waals surface area contributed by atoms with Gasteiger partial charge >= 0.3 is 5.97 Å². The Bertz CT molecular complexity index is 260. The fourth-order valence-corrected chi connectivity index (χ4v) is 2.31. The summed E-state index contributed by atoms with van der Waals surface area (Å²) in [5, 5.41) is 12.1. The molecule has 1 saturated heterocycles. The summed E-state index contributed by atoms with van der Waals surface area (Å²) in [4.78, 5) is 11.1. The molecule has 1 fully saturated rings. The lowest BCUT2D eigenvalue weighted by Crippen LogP contribution is -2.45. The van der Waals surface area contributed by atoms with Crippen molar-refractivity contribution in [3.8, 4) is 0 Å². The number of carboxylic acid groups (broad SMARTS) is 1. The number of ether oxygens (including phenoxy) is 2. The molecule has 0 saturated carbocycles. The molecule has 3 atom stereocenters. The van der Waals surface area contributed by atoms with Crippen LogP contribution in [-0.4, -0.2) is 48.1 Å². The lowest BCUT2D eigenvalue weighted by atomic mass is 10.0. The first kappa shape index (κ1) is 15.4. The molecule has 0 aromatic carbocycles. The van der Waals surface area contributed by atoms with E-state index in [0.29, 0.717) is 0 Å². The van der Waals surface area contributed by atoms with Gasteiger partial charge in [0.1, 0.15) is 6.04 Å². The van der Waals surface area contributed by atoms with Gasteiger partial charge in [0.25, 0.3) is 0 Å². The van der Waals surface area contributed by atoms with E-state index in [9.17, 15) is 4.79 Å². The number of hydrogen-bond acceptors (Lipinski definition) is 4. The molecule has 0 amide bonds. The molecular weight excluding hydrogens is 234 g/mol. The molecule has 5 heteroatoms. The van der Waals surface area contributed by atoms with Crippen molar-refractivity contribution in [3.05, 3.63) is 0 Å². The minimum atomic E-state index is -0.864. The maximum Gasteiger partial charge on any atom is 0.323 e. The highest BCUT2D eigenvalue weighted by Crippen LogP contribution is 2.21.